The largest absolute Gasteiger partial charge is 0.508 e. The van der Waals surface area contributed by atoms with Crippen LogP contribution in [0.2, 0.25) is 0 Å². The summed E-state index contributed by atoms with van der Waals surface area (Å²) in [5.41, 5.74) is 2.10. The van der Waals surface area contributed by atoms with Crippen molar-refractivity contribution < 1.29 is 14.2 Å². The number of nitrogens with zero attached hydrogens (tertiary/aromatic N) is 1. The van der Waals surface area contributed by atoms with Crippen molar-refractivity contribution in [2.24, 2.45) is 5.41 Å². The number of pyridine rings is 1. The Morgan fingerprint density at radius 2 is 1.90 bits per heavy atom. The molecular formula is C17H20FNO2. The van der Waals surface area contributed by atoms with Gasteiger partial charge in [0.05, 0.1) is 13.3 Å². The van der Waals surface area contributed by atoms with Crippen LogP contribution in [0.1, 0.15) is 26.3 Å². The lowest BCUT2D eigenvalue weighted by molar-refractivity contribution is 0.396. The Kier molecular flexibility index (Phi) is 4.16. The number of hydrogen-bond acceptors (Lipinski definition) is 3. The van der Waals surface area contributed by atoms with Crippen LogP contribution in [-0.2, 0) is 6.42 Å². The quantitative estimate of drug-likeness (QED) is 0.921. The van der Waals surface area contributed by atoms with Gasteiger partial charge in [0.15, 0.2) is 0 Å². The number of phenolic OH excluding ortho intramolecular Hbond substituents is 1. The van der Waals surface area contributed by atoms with E-state index in [1.165, 1.54) is 7.11 Å². The van der Waals surface area contributed by atoms with E-state index in [1.54, 1.807) is 24.3 Å². The van der Waals surface area contributed by atoms with Gasteiger partial charge >= 0.3 is 0 Å². The molecule has 1 aromatic heterocycles. The van der Waals surface area contributed by atoms with Crippen LogP contribution in [0.4, 0.5) is 4.39 Å². The summed E-state index contributed by atoms with van der Waals surface area (Å²) in [6.07, 6.45) is 1.88. The number of phenols is 1. The molecule has 4 heteroatoms. The summed E-state index contributed by atoms with van der Waals surface area (Å²) >= 11 is 0. The van der Waals surface area contributed by atoms with E-state index >= 15 is 0 Å². The van der Waals surface area contributed by atoms with E-state index in [1.807, 2.05) is 0 Å². The van der Waals surface area contributed by atoms with Gasteiger partial charge < -0.3 is 9.84 Å². The molecule has 2 rings (SSSR count). The highest BCUT2D eigenvalue weighted by molar-refractivity contribution is 5.69. The van der Waals surface area contributed by atoms with Gasteiger partial charge in [-0.1, -0.05) is 26.8 Å². The van der Waals surface area contributed by atoms with Crippen LogP contribution in [0.15, 0.2) is 30.5 Å². The van der Waals surface area contributed by atoms with Crippen molar-refractivity contribution in [3.05, 3.63) is 41.8 Å². The Bertz CT molecular complexity index is 648. The van der Waals surface area contributed by atoms with Gasteiger partial charge in [-0.05, 0) is 35.1 Å². The number of hydrogen-bond donors (Lipinski definition) is 1. The maximum absolute atomic E-state index is 14.1. The molecule has 2 aromatic rings. The smallest absolute Gasteiger partial charge is 0.213 e. The Morgan fingerprint density at radius 1 is 1.19 bits per heavy atom. The first-order chi connectivity index (χ1) is 9.80. The predicted molar refractivity (Wildman–Crippen MR) is 81.0 cm³/mol. The molecule has 0 spiro atoms. The lowest BCUT2D eigenvalue weighted by atomic mass is 9.85. The van der Waals surface area contributed by atoms with Gasteiger partial charge in [0.25, 0.3) is 0 Å². The molecule has 0 aliphatic carbocycles. The molecular weight excluding hydrogens is 269 g/mol. The summed E-state index contributed by atoms with van der Waals surface area (Å²) in [7, 11) is 1.50. The number of halogens is 1. The number of aromatic nitrogens is 1. The fourth-order valence-corrected chi connectivity index (χ4v) is 2.30. The van der Waals surface area contributed by atoms with Crippen LogP contribution in [0, 0.1) is 11.2 Å². The Morgan fingerprint density at radius 3 is 2.52 bits per heavy atom. The molecule has 1 heterocycles. The predicted octanol–water partition coefficient (Wildman–Crippen LogP) is 4.19. The summed E-state index contributed by atoms with van der Waals surface area (Å²) in [5.74, 6) is 0.136. The summed E-state index contributed by atoms with van der Waals surface area (Å²) in [6.45, 7) is 6.30. The van der Waals surface area contributed by atoms with E-state index < -0.39 is 5.82 Å². The fraction of sp³-hybridized carbons (Fsp3) is 0.353. The van der Waals surface area contributed by atoms with Crippen molar-refractivity contribution in [1.29, 1.82) is 0 Å². The topological polar surface area (TPSA) is 42.4 Å². The SMILES string of the molecule is COc1cc(-c2ccc(O)cc2CC(C)(C)C)c(F)cn1. The number of ether oxygens (including phenoxy) is 1. The van der Waals surface area contributed by atoms with Crippen molar-refractivity contribution in [2.45, 2.75) is 27.2 Å². The monoisotopic (exact) mass is 289 g/mol. The van der Waals surface area contributed by atoms with E-state index in [4.69, 9.17) is 4.74 Å². The summed E-state index contributed by atoms with van der Waals surface area (Å²) in [4.78, 5) is 3.86. The maximum atomic E-state index is 14.1. The fourth-order valence-electron chi connectivity index (χ4n) is 2.30. The zero-order valence-corrected chi connectivity index (χ0v) is 12.8. The highest BCUT2D eigenvalue weighted by Crippen LogP contribution is 2.34. The van der Waals surface area contributed by atoms with Gasteiger partial charge in [-0.2, -0.15) is 0 Å². The Hall–Kier alpha value is -2.10. The zero-order chi connectivity index (χ0) is 15.6. The van der Waals surface area contributed by atoms with E-state index in [2.05, 4.69) is 25.8 Å². The average Bonchev–Trinajstić information content (AvgIpc) is 2.38. The molecule has 0 atom stereocenters. The number of aromatic hydroxyl groups is 1. The van der Waals surface area contributed by atoms with Gasteiger partial charge in [0.2, 0.25) is 5.88 Å². The first kappa shape index (κ1) is 15.3. The molecule has 0 bridgehead atoms. The molecule has 0 saturated heterocycles. The lowest BCUT2D eigenvalue weighted by Gasteiger charge is -2.21. The first-order valence-corrected chi connectivity index (χ1v) is 6.82. The third-order valence-electron chi connectivity index (χ3n) is 3.14. The van der Waals surface area contributed by atoms with E-state index in [9.17, 15) is 9.50 Å². The molecule has 0 unspecified atom stereocenters. The van der Waals surface area contributed by atoms with Gasteiger partial charge in [-0.15, -0.1) is 0 Å². The molecule has 1 N–H and O–H groups in total. The Balaban J connectivity index is 2.58. The van der Waals surface area contributed by atoms with Crippen molar-refractivity contribution in [1.82, 2.24) is 4.98 Å². The van der Waals surface area contributed by atoms with E-state index in [-0.39, 0.29) is 11.2 Å². The molecule has 0 amide bonds. The van der Waals surface area contributed by atoms with Gasteiger partial charge in [0.1, 0.15) is 11.6 Å². The standard InChI is InChI=1S/C17H20FNO2/c1-17(2,3)9-11-7-12(20)5-6-13(11)14-8-16(21-4)19-10-15(14)18/h5-8,10,20H,9H2,1-4H3. The summed E-state index contributed by atoms with van der Waals surface area (Å²) < 4.78 is 19.2. The molecule has 0 aliphatic rings. The molecule has 3 nitrogen and oxygen atoms in total. The first-order valence-electron chi connectivity index (χ1n) is 6.82. The molecule has 0 saturated carbocycles. The molecule has 0 radical (unpaired) electrons. The van der Waals surface area contributed by atoms with Crippen molar-refractivity contribution in [3.8, 4) is 22.8 Å². The van der Waals surface area contributed by atoms with Crippen LogP contribution < -0.4 is 4.74 Å². The highest BCUT2D eigenvalue weighted by atomic mass is 19.1. The zero-order valence-electron chi connectivity index (χ0n) is 12.8. The molecule has 1 aromatic carbocycles. The minimum absolute atomic E-state index is 0.0239. The second kappa shape index (κ2) is 5.72. The number of rotatable bonds is 3. The van der Waals surface area contributed by atoms with Crippen molar-refractivity contribution in [3.63, 3.8) is 0 Å². The average molecular weight is 289 g/mol. The maximum Gasteiger partial charge on any atom is 0.213 e. The third-order valence-corrected chi connectivity index (χ3v) is 3.14. The van der Waals surface area contributed by atoms with E-state index in [0.29, 0.717) is 11.4 Å². The van der Waals surface area contributed by atoms with Crippen LogP contribution >= 0.6 is 0 Å². The van der Waals surface area contributed by atoms with Crippen molar-refractivity contribution in [2.75, 3.05) is 7.11 Å². The summed E-state index contributed by atoms with van der Waals surface area (Å²) in [6, 6.07) is 6.56. The minimum atomic E-state index is -0.406. The minimum Gasteiger partial charge on any atom is -0.508 e. The summed E-state index contributed by atoms with van der Waals surface area (Å²) in [5, 5.41) is 9.72. The normalized spacial score (nSPS) is 11.5. The van der Waals surface area contributed by atoms with Crippen LogP contribution in [0.3, 0.4) is 0 Å². The van der Waals surface area contributed by atoms with Crippen LogP contribution in [-0.4, -0.2) is 17.2 Å². The van der Waals surface area contributed by atoms with Crippen molar-refractivity contribution >= 4 is 0 Å². The van der Waals surface area contributed by atoms with Gasteiger partial charge in [-0.3, -0.25) is 0 Å². The number of benzene rings is 1. The lowest BCUT2D eigenvalue weighted by Crippen LogP contribution is -2.10. The molecule has 112 valence electrons. The highest BCUT2D eigenvalue weighted by Gasteiger charge is 2.18. The second-order valence-electron chi connectivity index (χ2n) is 6.29. The Labute approximate surface area is 124 Å². The third kappa shape index (κ3) is 3.72. The second-order valence-corrected chi connectivity index (χ2v) is 6.29. The van der Waals surface area contributed by atoms with E-state index in [0.717, 1.165) is 23.7 Å². The molecule has 21 heavy (non-hydrogen) atoms. The van der Waals surface area contributed by atoms with Gasteiger partial charge in [0, 0.05) is 11.6 Å². The van der Waals surface area contributed by atoms with Crippen LogP contribution in [0.25, 0.3) is 11.1 Å². The molecule has 0 fully saturated rings. The molecule has 0 aliphatic heterocycles. The van der Waals surface area contributed by atoms with Crippen LogP contribution in [0.5, 0.6) is 11.6 Å². The number of methoxy groups -OCH3 is 1. The van der Waals surface area contributed by atoms with Gasteiger partial charge in [-0.25, -0.2) is 9.37 Å².